The topological polar surface area (TPSA) is 42.0 Å². The zero-order chi connectivity index (χ0) is 15.2. The summed E-state index contributed by atoms with van der Waals surface area (Å²) >= 11 is 6.05. The first kappa shape index (κ1) is 15.3. The molecule has 0 aliphatic carbocycles. The first-order valence-corrected chi connectivity index (χ1v) is 7.09. The fourth-order valence-corrected chi connectivity index (χ4v) is 2.04. The molecule has 1 atom stereocenters. The van der Waals surface area contributed by atoms with Crippen molar-refractivity contribution in [2.45, 2.75) is 19.9 Å². The SMILES string of the molecule is Cc1ccc(/C=C/C(=O)NC(C)c2ccccn2)cc1Cl. The Bertz CT molecular complexity index is 653. The van der Waals surface area contributed by atoms with Gasteiger partial charge in [-0.05, 0) is 49.2 Å². The maximum absolute atomic E-state index is 11.9. The molecule has 0 fully saturated rings. The molecule has 3 nitrogen and oxygen atoms in total. The van der Waals surface area contributed by atoms with Gasteiger partial charge < -0.3 is 5.32 Å². The molecule has 0 saturated heterocycles. The Balaban J connectivity index is 1.98. The fraction of sp³-hybridized carbons (Fsp3) is 0.176. The van der Waals surface area contributed by atoms with E-state index in [0.29, 0.717) is 5.02 Å². The molecule has 1 N–H and O–H groups in total. The minimum Gasteiger partial charge on any atom is -0.344 e. The number of nitrogens with one attached hydrogen (secondary N) is 1. The van der Waals surface area contributed by atoms with Crippen LogP contribution >= 0.6 is 11.6 Å². The van der Waals surface area contributed by atoms with Crippen molar-refractivity contribution in [1.29, 1.82) is 0 Å². The second kappa shape index (κ2) is 7.04. The number of carbonyl (C=O) groups is 1. The van der Waals surface area contributed by atoms with Crippen molar-refractivity contribution in [2.24, 2.45) is 0 Å². The number of hydrogen-bond donors (Lipinski definition) is 1. The smallest absolute Gasteiger partial charge is 0.244 e. The van der Waals surface area contributed by atoms with Gasteiger partial charge in [0.15, 0.2) is 0 Å². The second-order valence-electron chi connectivity index (χ2n) is 4.83. The summed E-state index contributed by atoms with van der Waals surface area (Å²) < 4.78 is 0. The predicted octanol–water partition coefficient (Wildman–Crippen LogP) is 3.93. The summed E-state index contributed by atoms with van der Waals surface area (Å²) in [5.41, 5.74) is 2.74. The number of nitrogens with zero attached hydrogens (tertiary/aromatic N) is 1. The van der Waals surface area contributed by atoms with Gasteiger partial charge in [-0.3, -0.25) is 9.78 Å². The van der Waals surface area contributed by atoms with Crippen LogP contribution in [0.2, 0.25) is 5.02 Å². The van der Waals surface area contributed by atoms with Gasteiger partial charge in [-0.1, -0.05) is 29.8 Å². The molecule has 1 aromatic heterocycles. The van der Waals surface area contributed by atoms with Gasteiger partial charge in [-0.25, -0.2) is 0 Å². The van der Waals surface area contributed by atoms with E-state index < -0.39 is 0 Å². The predicted molar refractivity (Wildman–Crippen MR) is 86.0 cm³/mol. The monoisotopic (exact) mass is 300 g/mol. The number of aryl methyl sites for hydroxylation is 1. The summed E-state index contributed by atoms with van der Waals surface area (Å²) in [4.78, 5) is 16.1. The summed E-state index contributed by atoms with van der Waals surface area (Å²) in [6, 6.07) is 11.2. The third-order valence-corrected chi connectivity index (χ3v) is 3.52. The van der Waals surface area contributed by atoms with E-state index in [1.165, 1.54) is 6.08 Å². The van der Waals surface area contributed by atoms with Crippen LogP contribution in [0.25, 0.3) is 6.08 Å². The Labute approximate surface area is 129 Å². The Morgan fingerprint density at radius 2 is 2.14 bits per heavy atom. The van der Waals surface area contributed by atoms with Crippen LogP contribution in [-0.4, -0.2) is 10.9 Å². The zero-order valence-corrected chi connectivity index (χ0v) is 12.8. The standard InChI is InChI=1S/C17H17ClN2O/c1-12-6-7-14(11-15(12)18)8-9-17(21)20-13(2)16-5-3-4-10-19-16/h3-11,13H,1-2H3,(H,20,21)/b9-8+. The van der Waals surface area contributed by atoms with Crippen molar-refractivity contribution in [2.75, 3.05) is 0 Å². The molecule has 21 heavy (non-hydrogen) atoms. The van der Waals surface area contributed by atoms with Crippen LogP contribution in [0.3, 0.4) is 0 Å². The van der Waals surface area contributed by atoms with E-state index >= 15 is 0 Å². The van der Waals surface area contributed by atoms with E-state index in [0.717, 1.165) is 16.8 Å². The summed E-state index contributed by atoms with van der Waals surface area (Å²) in [6.07, 6.45) is 4.95. The average molecular weight is 301 g/mol. The van der Waals surface area contributed by atoms with Crippen LogP contribution in [0, 0.1) is 6.92 Å². The molecule has 0 aliphatic heterocycles. The number of aromatic nitrogens is 1. The number of benzene rings is 1. The molecule has 0 aliphatic rings. The first-order chi connectivity index (χ1) is 10.1. The molecule has 1 aromatic carbocycles. The summed E-state index contributed by atoms with van der Waals surface area (Å²) in [7, 11) is 0. The summed E-state index contributed by atoms with van der Waals surface area (Å²) in [5, 5.41) is 3.57. The van der Waals surface area contributed by atoms with Crippen LogP contribution in [0.1, 0.15) is 29.8 Å². The maximum Gasteiger partial charge on any atom is 0.244 e. The highest BCUT2D eigenvalue weighted by Gasteiger charge is 2.07. The lowest BCUT2D eigenvalue weighted by Gasteiger charge is -2.11. The minimum absolute atomic E-state index is 0.134. The molecule has 1 amide bonds. The van der Waals surface area contributed by atoms with Crippen LogP contribution in [0.15, 0.2) is 48.7 Å². The van der Waals surface area contributed by atoms with Gasteiger partial charge in [-0.2, -0.15) is 0 Å². The van der Waals surface area contributed by atoms with Gasteiger partial charge in [0.05, 0.1) is 11.7 Å². The number of amides is 1. The van der Waals surface area contributed by atoms with Crippen LogP contribution < -0.4 is 5.32 Å². The Morgan fingerprint density at radius 1 is 1.33 bits per heavy atom. The van der Waals surface area contributed by atoms with E-state index in [1.54, 1.807) is 12.3 Å². The fourth-order valence-electron chi connectivity index (χ4n) is 1.85. The lowest BCUT2D eigenvalue weighted by Crippen LogP contribution is -2.25. The molecule has 1 unspecified atom stereocenters. The largest absolute Gasteiger partial charge is 0.344 e. The van der Waals surface area contributed by atoms with Crippen LogP contribution in [-0.2, 0) is 4.79 Å². The Kier molecular flexibility index (Phi) is 5.12. The lowest BCUT2D eigenvalue weighted by atomic mass is 10.1. The molecule has 2 rings (SSSR count). The number of halogens is 1. The quantitative estimate of drug-likeness (QED) is 0.869. The van der Waals surface area contributed by atoms with E-state index in [4.69, 9.17) is 11.6 Å². The van der Waals surface area contributed by atoms with Crippen molar-refractivity contribution in [1.82, 2.24) is 10.3 Å². The van der Waals surface area contributed by atoms with Gasteiger partial charge in [0, 0.05) is 17.3 Å². The average Bonchev–Trinajstić information content (AvgIpc) is 2.49. The van der Waals surface area contributed by atoms with Crippen LogP contribution in [0.4, 0.5) is 0 Å². The molecule has 108 valence electrons. The zero-order valence-electron chi connectivity index (χ0n) is 12.0. The van der Waals surface area contributed by atoms with E-state index in [9.17, 15) is 4.79 Å². The molecule has 4 heteroatoms. The van der Waals surface area contributed by atoms with Gasteiger partial charge in [0.1, 0.15) is 0 Å². The van der Waals surface area contributed by atoms with Crippen molar-refractivity contribution < 1.29 is 4.79 Å². The third-order valence-electron chi connectivity index (χ3n) is 3.11. The molecule has 1 heterocycles. The number of pyridine rings is 1. The number of hydrogen-bond acceptors (Lipinski definition) is 2. The molecular formula is C17H17ClN2O. The lowest BCUT2D eigenvalue weighted by molar-refractivity contribution is -0.117. The highest BCUT2D eigenvalue weighted by atomic mass is 35.5. The minimum atomic E-state index is -0.162. The Morgan fingerprint density at radius 3 is 2.81 bits per heavy atom. The van der Waals surface area contributed by atoms with Crippen molar-refractivity contribution in [3.63, 3.8) is 0 Å². The number of rotatable bonds is 4. The molecule has 0 bridgehead atoms. The second-order valence-corrected chi connectivity index (χ2v) is 5.23. The molecule has 0 saturated carbocycles. The van der Waals surface area contributed by atoms with Gasteiger partial charge in [0.25, 0.3) is 0 Å². The summed E-state index contributed by atoms with van der Waals surface area (Å²) in [5.74, 6) is -0.162. The highest BCUT2D eigenvalue weighted by molar-refractivity contribution is 6.31. The molecular weight excluding hydrogens is 284 g/mol. The molecule has 2 aromatic rings. The van der Waals surface area contributed by atoms with E-state index in [2.05, 4.69) is 10.3 Å². The van der Waals surface area contributed by atoms with Gasteiger partial charge >= 0.3 is 0 Å². The Hall–Kier alpha value is -2.13. The van der Waals surface area contributed by atoms with Gasteiger partial charge in [0.2, 0.25) is 5.91 Å². The molecule has 0 radical (unpaired) electrons. The maximum atomic E-state index is 11.9. The first-order valence-electron chi connectivity index (χ1n) is 6.72. The van der Waals surface area contributed by atoms with E-state index in [-0.39, 0.29) is 11.9 Å². The summed E-state index contributed by atoms with van der Waals surface area (Å²) in [6.45, 7) is 3.84. The number of carbonyl (C=O) groups excluding carboxylic acids is 1. The third kappa shape index (κ3) is 4.43. The van der Waals surface area contributed by atoms with Crippen LogP contribution in [0.5, 0.6) is 0 Å². The molecule has 0 spiro atoms. The van der Waals surface area contributed by atoms with Crippen molar-refractivity contribution in [3.05, 3.63) is 70.5 Å². The van der Waals surface area contributed by atoms with Crippen molar-refractivity contribution >= 4 is 23.6 Å². The van der Waals surface area contributed by atoms with E-state index in [1.807, 2.05) is 50.2 Å². The highest BCUT2D eigenvalue weighted by Crippen LogP contribution is 2.17. The van der Waals surface area contributed by atoms with Gasteiger partial charge in [-0.15, -0.1) is 0 Å². The van der Waals surface area contributed by atoms with Crippen molar-refractivity contribution in [3.8, 4) is 0 Å². The normalized spacial score (nSPS) is 12.3.